The van der Waals surface area contributed by atoms with E-state index in [1.807, 2.05) is 0 Å². The lowest BCUT2D eigenvalue weighted by Gasteiger charge is -2.31. The van der Waals surface area contributed by atoms with E-state index >= 15 is 0 Å². The van der Waals surface area contributed by atoms with E-state index in [-0.39, 0.29) is 0 Å². The number of hydrogen-bond donors (Lipinski definition) is 1. The lowest BCUT2D eigenvalue weighted by Crippen LogP contribution is -2.22. The van der Waals surface area contributed by atoms with Crippen molar-refractivity contribution in [3.63, 3.8) is 0 Å². The molecular formula is C9H17N. The third-order valence-corrected chi connectivity index (χ3v) is 3.33. The van der Waals surface area contributed by atoms with Crippen molar-refractivity contribution < 1.29 is 0 Å². The fourth-order valence-electron chi connectivity index (χ4n) is 2.39. The summed E-state index contributed by atoms with van der Waals surface area (Å²) >= 11 is 0. The fraction of sp³-hybridized carbons (Fsp3) is 1.00. The van der Waals surface area contributed by atoms with E-state index in [9.17, 15) is 0 Å². The van der Waals surface area contributed by atoms with E-state index in [0.29, 0.717) is 6.04 Å². The minimum atomic E-state index is 0.547. The maximum absolute atomic E-state index is 5.84. The second-order valence-electron chi connectivity index (χ2n) is 4.02. The van der Waals surface area contributed by atoms with Crippen LogP contribution in [0.15, 0.2) is 0 Å². The Bertz CT molecular complexity index is 118. The maximum Gasteiger partial charge on any atom is 0.00416 e. The molecule has 2 fully saturated rings. The van der Waals surface area contributed by atoms with E-state index in [1.165, 1.54) is 38.5 Å². The highest BCUT2D eigenvalue weighted by molar-refractivity contribution is 4.85. The summed E-state index contributed by atoms with van der Waals surface area (Å²) in [5.74, 6) is 2.09. The molecule has 0 bridgehead atoms. The van der Waals surface area contributed by atoms with Gasteiger partial charge in [0.05, 0.1) is 0 Å². The molecule has 58 valence electrons. The van der Waals surface area contributed by atoms with Crippen LogP contribution in [0.3, 0.4) is 0 Å². The third kappa shape index (κ3) is 1.07. The van der Waals surface area contributed by atoms with E-state index in [1.54, 1.807) is 0 Å². The first-order valence-electron chi connectivity index (χ1n) is 4.62. The van der Waals surface area contributed by atoms with Crippen molar-refractivity contribution in [2.24, 2.45) is 17.6 Å². The van der Waals surface area contributed by atoms with Crippen LogP contribution in [-0.4, -0.2) is 6.04 Å². The summed E-state index contributed by atoms with van der Waals surface area (Å²) in [6.45, 7) is 0. The van der Waals surface area contributed by atoms with Gasteiger partial charge in [-0.1, -0.05) is 19.3 Å². The van der Waals surface area contributed by atoms with Gasteiger partial charge in [0.15, 0.2) is 0 Å². The van der Waals surface area contributed by atoms with Crippen molar-refractivity contribution >= 4 is 0 Å². The fourth-order valence-corrected chi connectivity index (χ4v) is 2.39. The van der Waals surface area contributed by atoms with Crippen LogP contribution in [-0.2, 0) is 0 Å². The molecule has 0 heterocycles. The topological polar surface area (TPSA) is 26.0 Å². The molecule has 0 aromatic heterocycles. The van der Waals surface area contributed by atoms with Gasteiger partial charge in [0.2, 0.25) is 0 Å². The molecule has 1 nitrogen and oxygen atoms in total. The predicted octanol–water partition coefficient (Wildman–Crippen LogP) is 1.91. The molecule has 1 heteroatoms. The van der Waals surface area contributed by atoms with Crippen molar-refractivity contribution in [2.75, 3.05) is 0 Å². The molecule has 10 heavy (non-hydrogen) atoms. The van der Waals surface area contributed by atoms with Gasteiger partial charge in [0, 0.05) is 6.04 Å². The lowest BCUT2D eigenvalue weighted by atomic mass is 9.75. The largest absolute Gasteiger partial charge is 0.328 e. The predicted molar refractivity (Wildman–Crippen MR) is 42.7 cm³/mol. The molecule has 0 radical (unpaired) electrons. The Morgan fingerprint density at radius 1 is 0.900 bits per heavy atom. The van der Waals surface area contributed by atoms with Crippen LogP contribution in [0.25, 0.3) is 0 Å². The second kappa shape index (κ2) is 2.54. The minimum Gasteiger partial charge on any atom is -0.328 e. The molecule has 2 rings (SSSR count). The highest BCUT2D eigenvalue weighted by Crippen LogP contribution is 2.41. The minimum absolute atomic E-state index is 0.547. The van der Waals surface area contributed by atoms with Gasteiger partial charge in [-0.05, 0) is 31.1 Å². The Labute approximate surface area is 63.0 Å². The van der Waals surface area contributed by atoms with Gasteiger partial charge >= 0.3 is 0 Å². The monoisotopic (exact) mass is 139 g/mol. The van der Waals surface area contributed by atoms with Crippen molar-refractivity contribution in [3.05, 3.63) is 0 Å². The summed E-state index contributed by atoms with van der Waals surface area (Å²) < 4.78 is 0. The summed E-state index contributed by atoms with van der Waals surface area (Å²) in [5.41, 5.74) is 5.84. The highest BCUT2D eigenvalue weighted by Gasteiger charge is 2.32. The molecule has 0 amide bonds. The molecular weight excluding hydrogens is 122 g/mol. The Kier molecular flexibility index (Phi) is 1.69. The Hall–Kier alpha value is -0.0400. The van der Waals surface area contributed by atoms with Crippen LogP contribution < -0.4 is 5.73 Å². The normalized spacial score (nSPS) is 41.7. The zero-order chi connectivity index (χ0) is 6.97. The molecule has 2 aliphatic rings. The summed E-state index contributed by atoms with van der Waals surface area (Å²) in [6.07, 6.45) is 8.52. The van der Waals surface area contributed by atoms with E-state index < -0.39 is 0 Å². The molecule has 2 unspecified atom stereocenters. The molecule has 0 aliphatic heterocycles. The van der Waals surface area contributed by atoms with Crippen LogP contribution in [0.2, 0.25) is 0 Å². The van der Waals surface area contributed by atoms with E-state index in [4.69, 9.17) is 5.73 Å². The zero-order valence-corrected chi connectivity index (χ0v) is 6.55. The van der Waals surface area contributed by atoms with Crippen molar-refractivity contribution in [3.8, 4) is 0 Å². The van der Waals surface area contributed by atoms with E-state index in [0.717, 1.165) is 11.8 Å². The second-order valence-corrected chi connectivity index (χ2v) is 4.02. The quantitative estimate of drug-likeness (QED) is 0.590. The molecule has 0 aromatic rings. The Balaban J connectivity index is 1.82. The van der Waals surface area contributed by atoms with Crippen LogP contribution >= 0.6 is 0 Å². The molecule has 2 aliphatic carbocycles. The maximum atomic E-state index is 5.84. The van der Waals surface area contributed by atoms with Crippen LogP contribution in [0.4, 0.5) is 0 Å². The van der Waals surface area contributed by atoms with Crippen molar-refractivity contribution in [1.82, 2.24) is 0 Å². The smallest absolute Gasteiger partial charge is 0.00416 e. The Morgan fingerprint density at radius 3 is 2.10 bits per heavy atom. The standard InChI is InChI=1S/C9H17N/c10-9-5-4-8(6-9)7-2-1-3-7/h7-9H,1-6,10H2. The SMILES string of the molecule is NC1CCC(C2CCC2)C1. The first-order chi connectivity index (χ1) is 4.86. The average Bonchev–Trinajstić information content (AvgIpc) is 2.10. The summed E-state index contributed by atoms with van der Waals surface area (Å²) in [4.78, 5) is 0. The summed E-state index contributed by atoms with van der Waals surface area (Å²) in [6, 6.07) is 0.547. The first kappa shape index (κ1) is 6.66. The van der Waals surface area contributed by atoms with Crippen LogP contribution in [0, 0.1) is 11.8 Å². The third-order valence-electron chi connectivity index (χ3n) is 3.33. The average molecular weight is 139 g/mol. The molecule has 2 atom stereocenters. The summed E-state index contributed by atoms with van der Waals surface area (Å²) in [5, 5.41) is 0. The summed E-state index contributed by atoms with van der Waals surface area (Å²) in [7, 11) is 0. The van der Waals surface area contributed by atoms with Crippen molar-refractivity contribution in [2.45, 2.75) is 44.6 Å². The van der Waals surface area contributed by atoms with Crippen LogP contribution in [0.1, 0.15) is 38.5 Å². The number of hydrogen-bond acceptors (Lipinski definition) is 1. The highest BCUT2D eigenvalue weighted by atomic mass is 14.7. The molecule has 0 aromatic carbocycles. The zero-order valence-electron chi connectivity index (χ0n) is 6.55. The molecule has 2 saturated carbocycles. The van der Waals surface area contributed by atoms with Gasteiger partial charge in [-0.2, -0.15) is 0 Å². The van der Waals surface area contributed by atoms with Gasteiger partial charge in [-0.3, -0.25) is 0 Å². The molecule has 2 N–H and O–H groups in total. The van der Waals surface area contributed by atoms with Gasteiger partial charge in [0.25, 0.3) is 0 Å². The van der Waals surface area contributed by atoms with Gasteiger partial charge < -0.3 is 5.73 Å². The van der Waals surface area contributed by atoms with Gasteiger partial charge in [0.1, 0.15) is 0 Å². The molecule has 0 saturated heterocycles. The Morgan fingerprint density at radius 2 is 1.70 bits per heavy atom. The van der Waals surface area contributed by atoms with Gasteiger partial charge in [-0.15, -0.1) is 0 Å². The van der Waals surface area contributed by atoms with Gasteiger partial charge in [-0.25, -0.2) is 0 Å². The lowest BCUT2D eigenvalue weighted by molar-refractivity contribution is 0.208. The van der Waals surface area contributed by atoms with E-state index in [2.05, 4.69) is 0 Å². The molecule has 0 spiro atoms. The van der Waals surface area contributed by atoms with Crippen LogP contribution in [0.5, 0.6) is 0 Å². The number of nitrogens with two attached hydrogens (primary N) is 1. The number of rotatable bonds is 1. The first-order valence-corrected chi connectivity index (χ1v) is 4.62. The van der Waals surface area contributed by atoms with Crippen molar-refractivity contribution in [1.29, 1.82) is 0 Å².